The van der Waals surface area contributed by atoms with Crippen LogP contribution in [-0.2, 0) is 0 Å². The molecule has 1 fully saturated rings. The van der Waals surface area contributed by atoms with Crippen LogP contribution in [0.3, 0.4) is 0 Å². The van der Waals surface area contributed by atoms with Crippen LogP contribution in [0, 0.1) is 0 Å². The van der Waals surface area contributed by atoms with Gasteiger partial charge in [0.15, 0.2) is 0 Å². The number of aromatic nitrogens is 2. The van der Waals surface area contributed by atoms with Gasteiger partial charge in [-0.3, -0.25) is 4.79 Å². The molecule has 0 unspecified atom stereocenters. The van der Waals surface area contributed by atoms with Gasteiger partial charge in [-0.2, -0.15) is 0 Å². The zero-order valence-corrected chi connectivity index (χ0v) is 7.97. The highest BCUT2D eigenvalue weighted by molar-refractivity contribution is 9.10. The normalized spacial score (nSPS) is 15.9. The smallest absolute Gasteiger partial charge is 0.267 e. The highest BCUT2D eigenvalue weighted by Crippen LogP contribution is 2.22. The minimum atomic E-state index is -0.119. The topological polar surface area (TPSA) is 49.0 Å². The van der Waals surface area contributed by atoms with Crippen LogP contribution in [0.15, 0.2) is 15.6 Å². The summed E-state index contributed by atoms with van der Waals surface area (Å²) in [5, 5.41) is 0. The van der Waals surface area contributed by atoms with Crippen LogP contribution in [0.5, 0.6) is 0 Å². The minimum Gasteiger partial charge on any atom is -0.355 e. The van der Waals surface area contributed by atoms with Crippen molar-refractivity contribution < 1.29 is 0 Å². The Bertz CT molecular complexity index is 345. The van der Waals surface area contributed by atoms with Gasteiger partial charge in [0.25, 0.3) is 5.56 Å². The fourth-order valence-corrected chi connectivity index (χ4v) is 1.59. The molecule has 1 aromatic rings. The van der Waals surface area contributed by atoms with Crippen molar-refractivity contribution in [1.29, 1.82) is 0 Å². The van der Waals surface area contributed by atoms with Gasteiger partial charge in [-0.1, -0.05) is 0 Å². The molecule has 1 aliphatic rings. The first-order chi connectivity index (χ1) is 5.79. The van der Waals surface area contributed by atoms with Gasteiger partial charge in [0, 0.05) is 13.1 Å². The van der Waals surface area contributed by atoms with Crippen molar-refractivity contribution in [2.24, 2.45) is 0 Å². The minimum absolute atomic E-state index is 0.119. The molecule has 0 saturated carbocycles. The number of hydrogen-bond donors (Lipinski definition) is 1. The standard InChI is InChI=1S/C7H8BrN3O/c8-5-6(11-2-1-3-11)9-4-10-7(5)12/h4H,1-3H2,(H,9,10,12). The SMILES string of the molecule is O=c1[nH]cnc(N2CCC2)c1Br. The van der Waals surface area contributed by atoms with E-state index in [1.54, 1.807) is 0 Å². The Morgan fingerprint density at radius 2 is 2.33 bits per heavy atom. The van der Waals surface area contributed by atoms with Crippen molar-refractivity contribution in [3.8, 4) is 0 Å². The fraction of sp³-hybridized carbons (Fsp3) is 0.429. The van der Waals surface area contributed by atoms with E-state index in [2.05, 4.69) is 30.8 Å². The molecule has 0 spiro atoms. The second kappa shape index (κ2) is 2.90. The maximum atomic E-state index is 11.1. The average Bonchev–Trinajstić information content (AvgIpc) is 1.95. The molecule has 0 amide bonds. The first-order valence-corrected chi connectivity index (χ1v) is 4.56. The Balaban J connectivity index is 2.42. The number of H-pyrrole nitrogens is 1. The molecular formula is C7H8BrN3O. The molecule has 2 rings (SSSR count). The lowest BCUT2D eigenvalue weighted by Gasteiger charge is -2.32. The Hall–Kier alpha value is -0.840. The summed E-state index contributed by atoms with van der Waals surface area (Å²) < 4.78 is 0.532. The Labute approximate surface area is 77.7 Å². The van der Waals surface area contributed by atoms with Crippen LogP contribution in [0.25, 0.3) is 0 Å². The van der Waals surface area contributed by atoms with Crippen LogP contribution >= 0.6 is 15.9 Å². The number of halogens is 1. The number of nitrogens with one attached hydrogen (secondary N) is 1. The van der Waals surface area contributed by atoms with Crippen molar-refractivity contribution >= 4 is 21.7 Å². The summed E-state index contributed by atoms with van der Waals surface area (Å²) in [5.74, 6) is 0.755. The number of anilines is 1. The molecule has 0 aromatic carbocycles. The molecule has 1 saturated heterocycles. The van der Waals surface area contributed by atoms with Gasteiger partial charge in [0.1, 0.15) is 10.3 Å². The van der Waals surface area contributed by atoms with E-state index < -0.39 is 0 Å². The zero-order valence-electron chi connectivity index (χ0n) is 6.38. The molecule has 0 bridgehead atoms. The first kappa shape index (κ1) is 7.79. The van der Waals surface area contributed by atoms with Crippen molar-refractivity contribution in [3.05, 3.63) is 21.2 Å². The summed E-state index contributed by atoms with van der Waals surface area (Å²) in [6.07, 6.45) is 2.61. The van der Waals surface area contributed by atoms with Crippen LogP contribution in [0.4, 0.5) is 5.82 Å². The van der Waals surface area contributed by atoms with E-state index in [0.29, 0.717) is 4.47 Å². The summed E-state index contributed by atoms with van der Waals surface area (Å²) >= 11 is 3.21. The maximum Gasteiger partial charge on any atom is 0.267 e. The Morgan fingerprint density at radius 3 is 2.92 bits per heavy atom. The van der Waals surface area contributed by atoms with Gasteiger partial charge >= 0.3 is 0 Å². The molecule has 1 aliphatic heterocycles. The lowest BCUT2D eigenvalue weighted by atomic mass is 10.2. The fourth-order valence-electron chi connectivity index (χ4n) is 1.12. The third-order valence-electron chi connectivity index (χ3n) is 1.93. The van der Waals surface area contributed by atoms with Gasteiger partial charge < -0.3 is 9.88 Å². The molecule has 64 valence electrons. The molecule has 12 heavy (non-hydrogen) atoms. The first-order valence-electron chi connectivity index (χ1n) is 3.77. The van der Waals surface area contributed by atoms with Crippen molar-refractivity contribution in [1.82, 2.24) is 9.97 Å². The number of rotatable bonds is 1. The van der Waals surface area contributed by atoms with Gasteiger partial charge in [0.05, 0.1) is 6.33 Å². The van der Waals surface area contributed by atoms with E-state index in [9.17, 15) is 4.79 Å². The predicted octanol–water partition coefficient (Wildman–Crippen LogP) is 0.742. The summed E-state index contributed by atoms with van der Waals surface area (Å²) in [7, 11) is 0. The Kier molecular flexibility index (Phi) is 1.88. The number of aromatic amines is 1. The van der Waals surface area contributed by atoms with E-state index >= 15 is 0 Å². The monoisotopic (exact) mass is 229 g/mol. The van der Waals surface area contributed by atoms with Crippen molar-refractivity contribution in [2.45, 2.75) is 6.42 Å². The number of nitrogens with zero attached hydrogens (tertiary/aromatic N) is 2. The molecule has 1 aromatic heterocycles. The molecule has 2 heterocycles. The molecule has 0 atom stereocenters. The van der Waals surface area contributed by atoms with Crippen LogP contribution in [-0.4, -0.2) is 23.1 Å². The molecular weight excluding hydrogens is 222 g/mol. The van der Waals surface area contributed by atoms with Gasteiger partial charge in [-0.05, 0) is 22.4 Å². The molecule has 0 aliphatic carbocycles. The summed E-state index contributed by atoms with van der Waals surface area (Å²) in [6, 6.07) is 0. The molecule has 5 heteroatoms. The highest BCUT2D eigenvalue weighted by Gasteiger charge is 2.19. The van der Waals surface area contributed by atoms with Crippen LogP contribution in [0.1, 0.15) is 6.42 Å². The largest absolute Gasteiger partial charge is 0.355 e. The zero-order chi connectivity index (χ0) is 8.55. The summed E-state index contributed by atoms with van der Waals surface area (Å²) in [4.78, 5) is 19.8. The average molecular weight is 230 g/mol. The molecule has 0 radical (unpaired) electrons. The van der Waals surface area contributed by atoms with Crippen molar-refractivity contribution in [2.75, 3.05) is 18.0 Å². The summed E-state index contributed by atoms with van der Waals surface area (Å²) in [6.45, 7) is 1.99. The van der Waals surface area contributed by atoms with E-state index in [1.165, 1.54) is 12.7 Å². The number of hydrogen-bond acceptors (Lipinski definition) is 3. The van der Waals surface area contributed by atoms with Crippen LogP contribution < -0.4 is 10.5 Å². The maximum absolute atomic E-state index is 11.1. The second-order valence-corrected chi connectivity index (χ2v) is 3.50. The highest BCUT2D eigenvalue weighted by atomic mass is 79.9. The van der Waals surface area contributed by atoms with Gasteiger partial charge in [0.2, 0.25) is 0 Å². The van der Waals surface area contributed by atoms with Gasteiger partial charge in [-0.25, -0.2) is 4.98 Å². The summed E-state index contributed by atoms with van der Waals surface area (Å²) in [5.41, 5.74) is -0.119. The third kappa shape index (κ3) is 1.14. The molecule has 1 N–H and O–H groups in total. The quantitative estimate of drug-likeness (QED) is 0.774. The lowest BCUT2D eigenvalue weighted by molar-refractivity contribution is 0.606. The van der Waals surface area contributed by atoms with E-state index in [0.717, 1.165) is 18.9 Å². The second-order valence-electron chi connectivity index (χ2n) is 2.71. The Morgan fingerprint density at radius 1 is 1.58 bits per heavy atom. The lowest BCUT2D eigenvalue weighted by Crippen LogP contribution is -2.38. The predicted molar refractivity (Wildman–Crippen MR) is 49.4 cm³/mol. The van der Waals surface area contributed by atoms with Crippen molar-refractivity contribution in [3.63, 3.8) is 0 Å². The van der Waals surface area contributed by atoms with Crippen LogP contribution in [0.2, 0.25) is 0 Å². The van der Waals surface area contributed by atoms with Gasteiger partial charge in [-0.15, -0.1) is 0 Å². The van der Waals surface area contributed by atoms with E-state index in [-0.39, 0.29) is 5.56 Å². The van der Waals surface area contributed by atoms with E-state index in [1.807, 2.05) is 0 Å². The third-order valence-corrected chi connectivity index (χ3v) is 2.65. The molecule has 4 nitrogen and oxygen atoms in total. The van der Waals surface area contributed by atoms with E-state index in [4.69, 9.17) is 0 Å².